The zero-order valence-corrected chi connectivity index (χ0v) is 16.3. The molecule has 3 aromatic rings. The van der Waals surface area contributed by atoms with Gasteiger partial charge < -0.3 is 10.6 Å². The lowest BCUT2D eigenvalue weighted by Gasteiger charge is -2.08. The first kappa shape index (κ1) is 19.0. The number of carbonyl (C=O) groups is 2. The number of thiophene rings is 1. The van der Waals surface area contributed by atoms with E-state index in [0.29, 0.717) is 36.2 Å². The van der Waals surface area contributed by atoms with Gasteiger partial charge in [0.1, 0.15) is 0 Å². The molecule has 0 radical (unpaired) electrons. The van der Waals surface area contributed by atoms with Gasteiger partial charge in [0.2, 0.25) is 5.91 Å². The van der Waals surface area contributed by atoms with Crippen LogP contribution in [0.4, 0.5) is 0 Å². The maximum atomic E-state index is 12.6. The minimum absolute atomic E-state index is 0.0584. The van der Waals surface area contributed by atoms with Gasteiger partial charge in [0.05, 0.1) is 23.7 Å². The first-order valence-corrected chi connectivity index (χ1v) is 9.87. The molecule has 0 unspecified atom stereocenters. The molecule has 0 atom stereocenters. The molecule has 0 bridgehead atoms. The van der Waals surface area contributed by atoms with Crippen molar-refractivity contribution in [2.24, 2.45) is 0 Å². The number of nitrogens with one attached hydrogen (secondary N) is 2. The molecule has 0 aliphatic rings. The Hall–Kier alpha value is -2.74. The molecule has 0 spiro atoms. The molecular formula is C19H23N5O2S. The summed E-state index contributed by atoms with van der Waals surface area (Å²) in [4.78, 5) is 30.0. The zero-order valence-electron chi connectivity index (χ0n) is 15.5. The van der Waals surface area contributed by atoms with E-state index in [9.17, 15) is 9.59 Å². The van der Waals surface area contributed by atoms with Crippen molar-refractivity contribution in [3.05, 3.63) is 45.9 Å². The van der Waals surface area contributed by atoms with Crippen molar-refractivity contribution in [3.63, 3.8) is 0 Å². The van der Waals surface area contributed by atoms with Crippen LogP contribution in [0.1, 0.15) is 40.7 Å². The molecule has 3 heterocycles. The van der Waals surface area contributed by atoms with Crippen LogP contribution in [-0.4, -0.2) is 39.7 Å². The summed E-state index contributed by atoms with van der Waals surface area (Å²) in [5.74, 6) is -0.276. The minimum Gasteiger partial charge on any atom is -0.356 e. The van der Waals surface area contributed by atoms with E-state index in [4.69, 9.17) is 0 Å². The molecule has 27 heavy (non-hydrogen) atoms. The number of hydrogen-bond donors (Lipinski definition) is 2. The van der Waals surface area contributed by atoms with Crippen molar-refractivity contribution < 1.29 is 9.59 Å². The largest absolute Gasteiger partial charge is 0.356 e. The summed E-state index contributed by atoms with van der Waals surface area (Å²) >= 11 is 1.66. The molecule has 8 heteroatoms. The topological polar surface area (TPSA) is 88.9 Å². The lowest BCUT2D eigenvalue weighted by Crippen LogP contribution is -2.31. The van der Waals surface area contributed by atoms with Gasteiger partial charge in [0, 0.05) is 30.1 Å². The van der Waals surface area contributed by atoms with Crippen LogP contribution in [0.5, 0.6) is 0 Å². The van der Waals surface area contributed by atoms with E-state index in [2.05, 4.69) is 20.7 Å². The molecular weight excluding hydrogens is 362 g/mol. The number of aryl methyl sites for hydroxylation is 1. The Bertz CT molecular complexity index is 933. The van der Waals surface area contributed by atoms with Gasteiger partial charge in [-0.05, 0) is 30.9 Å². The summed E-state index contributed by atoms with van der Waals surface area (Å²) in [6, 6.07) is 5.80. The minimum atomic E-state index is -0.218. The van der Waals surface area contributed by atoms with Gasteiger partial charge in [-0.3, -0.25) is 9.59 Å². The fourth-order valence-electron chi connectivity index (χ4n) is 2.76. The van der Waals surface area contributed by atoms with Crippen molar-refractivity contribution in [1.29, 1.82) is 0 Å². The first-order chi connectivity index (χ1) is 13.1. The van der Waals surface area contributed by atoms with E-state index in [1.165, 1.54) is 4.88 Å². The smallest absolute Gasteiger partial charge is 0.252 e. The predicted octanol–water partition coefficient (Wildman–Crippen LogP) is 2.50. The fourth-order valence-corrected chi connectivity index (χ4v) is 3.45. The highest BCUT2D eigenvalue weighted by molar-refractivity contribution is 7.09. The standard InChI is InChI=1S/C19H23N5O2S/c1-3-7-20-17(25)6-8-21-19(26)15-10-13(2)23-18-16(15)11-22-24(18)12-14-5-4-9-27-14/h4-5,9-11H,3,6-8,12H2,1-2H3,(H,20,25)(H,21,26). The van der Waals surface area contributed by atoms with Crippen LogP contribution < -0.4 is 10.6 Å². The Balaban J connectivity index is 1.73. The van der Waals surface area contributed by atoms with E-state index in [0.717, 1.165) is 12.1 Å². The van der Waals surface area contributed by atoms with Crippen molar-refractivity contribution in [3.8, 4) is 0 Å². The number of carbonyl (C=O) groups excluding carboxylic acids is 2. The molecule has 0 aliphatic heterocycles. The SMILES string of the molecule is CCCNC(=O)CCNC(=O)c1cc(C)nc2c1cnn2Cc1cccs1. The zero-order chi connectivity index (χ0) is 19.2. The molecule has 2 N–H and O–H groups in total. The number of aromatic nitrogens is 3. The van der Waals surface area contributed by atoms with E-state index in [1.54, 1.807) is 23.6 Å². The quantitative estimate of drug-likeness (QED) is 0.623. The van der Waals surface area contributed by atoms with Gasteiger partial charge in [-0.1, -0.05) is 13.0 Å². The number of amides is 2. The maximum Gasteiger partial charge on any atom is 0.252 e. The number of rotatable bonds is 8. The summed E-state index contributed by atoms with van der Waals surface area (Å²) in [5, 5.41) is 12.8. The second-order valence-corrected chi connectivity index (χ2v) is 7.32. The van der Waals surface area contributed by atoms with E-state index in [-0.39, 0.29) is 18.2 Å². The Morgan fingerprint density at radius 2 is 2.11 bits per heavy atom. The molecule has 0 aromatic carbocycles. The second kappa shape index (κ2) is 8.77. The number of fused-ring (bicyclic) bond motifs is 1. The Kier molecular flexibility index (Phi) is 6.18. The second-order valence-electron chi connectivity index (χ2n) is 6.29. The maximum absolute atomic E-state index is 12.6. The molecule has 142 valence electrons. The Labute approximate surface area is 161 Å². The van der Waals surface area contributed by atoms with Crippen LogP contribution in [0.25, 0.3) is 11.0 Å². The molecule has 0 saturated heterocycles. The lowest BCUT2D eigenvalue weighted by atomic mass is 10.1. The van der Waals surface area contributed by atoms with E-state index in [1.807, 2.05) is 36.0 Å². The molecule has 0 aliphatic carbocycles. The summed E-state index contributed by atoms with van der Waals surface area (Å²) < 4.78 is 1.81. The van der Waals surface area contributed by atoms with Gasteiger partial charge in [-0.25, -0.2) is 9.67 Å². The van der Waals surface area contributed by atoms with Gasteiger partial charge in [0.15, 0.2) is 5.65 Å². The lowest BCUT2D eigenvalue weighted by molar-refractivity contribution is -0.120. The average molecular weight is 385 g/mol. The summed E-state index contributed by atoms with van der Waals surface area (Å²) in [6.07, 6.45) is 2.83. The van der Waals surface area contributed by atoms with Crippen molar-refractivity contribution in [2.75, 3.05) is 13.1 Å². The van der Waals surface area contributed by atoms with Crippen molar-refractivity contribution in [1.82, 2.24) is 25.4 Å². The highest BCUT2D eigenvalue weighted by Crippen LogP contribution is 2.20. The van der Waals surface area contributed by atoms with Gasteiger partial charge in [-0.15, -0.1) is 11.3 Å². The van der Waals surface area contributed by atoms with Crippen LogP contribution in [-0.2, 0) is 11.3 Å². The molecule has 0 fully saturated rings. The first-order valence-electron chi connectivity index (χ1n) is 8.99. The molecule has 0 saturated carbocycles. The number of pyridine rings is 1. The Morgan fingerprint density at radius 3 is 2.85 bits per heavy atom. The summed E-state index contributed by atoms with van der Waals surface area (Å²) in [7, 11) is 0. The predicted molar refractivity (Wildman–Crippen MR) is 106 cm³/mol. The normalized spacial score (nSPS) is 10.9. The molecule has 7 nitrogen and oxygen atoms in total. The monoisotopic (exact) mass is 385 g/mol. The number of hydrogen-bond acceptors (Lipinski definition) is 5. The van der Waals surface area contributed by atoms with Gasteiger partial charge in [-0.2, -0.15) is 5.10 Å². The molecule has 3 aromatic heterocycles. The summed E-state index contributed by atoms with van der Waals surface area (Å²) in [5.41, 5.74) is 1.97. The van der Waals surface area contributed by atoms with Crippen LogP contribution in [0.3, 0.4) is 0 Å². The molecule has 3 rings (SSSR count). The van der Waals surface area contributed by atoms with E-state index < -0.39 is 0 Å². The fraction of sp³-hybridized carbons (Fsp3) is 0.368. The van der Waals surface area contributed by atoms with Crippen molar-refractivity contribution >= 4 is 34.2 Å². The summed E-state index contributed by atoms with van der Waals surface area (Å²) in [6.45, 7) is 5.42. The van der Waals surface area contributed by atoms with Gasteiger partial charge in [0.25, 0.3) is 5.91 Å². The van der Waals surface area contributed by atoms with Crippen LogP contribution >= 0.6 is 11.3 Å². The Morgan fingerprint density at radius 1 is 1.26 bits per heavy atom. The highest BCUT2D eigenvalue weighted by Gasteiger charge is 2.16. The third-order valence-electron chi connectivity index (χ3n) is 4.08. The third-order valence-corrected chi connectivity index (χ3v) is 4.94. The third kappa shape index (κ3) is 4.71. The van der Waals surface area contributed by atoms with Crippen LogP contribution in [0.15, 0.2) is 29.8 Å². The highest BCUT2D eigenvalue weighted by atomic mass is 32.1. The van der Waals surface area contributed by atoms with Crippen molar-refractivity contribution in [2.45, 2.75) is 33.2 Å². The van der Waals surface area contributed by atoms with Crippen LogP contribution in [0, 0.1) is 6.92 Å². The number of nitrogens with zero attached hydrogens (tertiary/aromatic N) is 3. The average Bonchev–Trinajstić information content (AvgIpc) is 3.30. The van der Waals surface area contributed by atoms with Crippen LogP contribution in [0.2, 0.25) is 0 Å². The van der Waals surface area contributed by atoms with E-state index >= 15 is 0 Å². The van der Waals surface area contributed by atoms with Gasteiger partial charge >= 0.3 is 0 Å². The molecule has 2 amide bonds.